The number of aryl methyl sites for hydroxylation is 1. The first-order chi connectivity index (χ1) is 16.7. The van der Waals surface area contributed by atoms with Crippen molar-refractivity contribution in [3.8, 4) is 5.75 Å². The van der Waals surface area contributed by atoms with Crippen molar-refractivity contribution in [1.29, 1.82) is 0 Å². The minimum absolute atomic E-state index is 0.00365. The number of nitrogens with one attached hydrogen (secondary N) is 1. The molecule has 1 unspecified atom stereocenters. The average Bonchev–Trinajstić information content (AvgIpc) is 3.37. The van der Waals surface area contributed by atoms with E-state index in [-0.39, 0.29) is 24.0 Å². The molecule has 8 nitrogen and oxygen atoms in total. The topological polar surface area (TPSA) is 95.3 Å². The number of nitrogens with zero attached hydrogens (tertiary/aromatic N) is 3. The van der Waals surface area contributed by atoms with Gasteiger partial charge in [-0.3, -0.25) is 9.36 Å². The van der Waals surface area contributed by atoms with Crippen LogP contribution in [0.15, 0.2) is 42.1 Å². The van der Waals surface area contributed by atoms with Gasteiger partial charge in [0.15, 0.2) is 28.7 Å². The van der Waals surface area contributed by atoms with Crippen molar-refractivity contribution in [3.63, 3.8) is 0 Å². The number of carbonyl (C=O) groups excluding carboxylic acids is 2. The Morgan fingerprint density at radius 1 is 1.31 bits per heavy atom. The molecule has 2 heterocycles. The fourth-order valence-electron chi connectivity index (χ4n) is 3.08. The van der Waals surface area contributed by atoms with E-state index >= 15 is 0 Å². The predicted molar refractivity (Wildman–Crippen MR) is 130 cm³/mol. The second kappa shape index (κ2) is 11.9. The Kier molecular flexibility index (Phi) is 8.99. The molecule has 186 valence electrons. The zero-order chi connectivity index (χ0) is 25.5. The van der Waals surface area contributed by atoms with Crippen LogP contribution in [0.25, 0.3) is 0 Å². The van der Waals surface area contributed by atoms with Crippen molar-refractivity contribution in [3.05, 3.63) is 64.8 Å². The van der Waals surface area contributed by atoms with Crippen LogP contribution in [0.4, 0.5) is 13.8 Å². The van der Waals surface area contributed by atoms with E-state index in [1.807, 2.05) is 6.92 Å². The SMILES string of the molecule is C=CCn1c(SCC(=O)Nc2sc(C)cc2C(=O)OCC)nnc1C(C)Oc1ccc(F)cc1F. The third-order valence-electron chi connectivity index (χ3n) is 4.55. The standard InChI is InChI=1S/C23H24F2N4O4S2/c1-5-9-29-20(14(4)33-18-8-7-15(24)11-17(18)25)27-28-23(29)34-12-19(30)26-21-16(10-13(3)35-21)22(31)32-6-2/h5,7-8,10-11,14H,1,6,9,12H2,2-4H3,(H,26,30). The molecule has 2 aromatic heterocycles. The lowest BCUT2D eigenvalue weighted by atomic mass is 10.3. The van der Waals surface area contributed by atoms with Crippen LogP contribution in [-0.4, -0.2) is 39.0 Å². The van der Waals surface area contributed by atoms with Gasteiger partial charge >= 0.3 is 5.97 Å². The number of thiophene rings is 1. The number of aromatic nitrogens is 3. The molecule has 1 atom stereocenters. The molecule has 1 aromatic carbocycles. The molecule has 3 aromatic rings. The van der Waals surface area contributed by atoms with Crippen molar-refractivity contribution in [1.82, 2.24) is 14.8 Å². The van der Waals surface area contributed by atoms with Crippen LogP contribution >= 0.6 is 23.1 Å². The van der Waals surface area contributed by atoms with Crippen LogP contribution in [-0.2, 0) is 16.1 Å². The van der Waals surface area contributed by atoms with Crippen LogP contribution in [0.5, 0.6) is 5.75 Å². The molecule has 0 fully saturated rings. The first kappa shape index (κ1) is 26.4. The quantitative estimate of drug-likeness (QED) is 0.211. The summed E-state index contributed by atoms with van der Waals surface area (Å²) in [5.41, 5.74) is 0.309. The molecule has 12 heteroatoms. The first-order valence-corrected chi connectivity index (χ1v) is 12.4. The van der Waals surface area contributed by atoms with Crippen molar-refractivity contribution in [2.75, 3.05) is 17.7 Å². The maximum atomic E-state index is 14.0. The Balaban J connectivity index is 1.69. The van der Waals surface area contributed by atoms with Crippen molar-refractivity contribution >= 4 is 40.0 Å². The smallest absolute Gasteiger partial charge is 0.341 e. The largest absolute Gasteiger partial charge is 0.480 e. The van der Waals surface area contributed by atoms with Gasteiger partial charge in [0.25, 0.3) is 0 Å². The van der Waals surface area contributed by atoms with E-state index in [2.05, 4.69) is 22.1 Å². The van der Waals surface area contributed by atoms with Gasteiger partial charge in [0.05, 0.1) is 17.9 Å². The van der Waals surface area contributed by atoms with Gasteiger partial charge in [-0.15, -0.1) is 28.1 Å². The van der Waals surface area contributed by atoms with E-state index in [1.54, 1.807) is 30.6 Å². The number of anilines is 1. The van der Waals surface area contributed by atoms with Crippen molar-refractivity contribution < 1.29 is 27.8 Å². The number of esters is 1. The molecule has 0 radical (unpaired) electrons. The number of benzene rings is 1. The summed E-state index contributed by atoms with van der Waals surface area (Å²) in [5.74, 6) is -2.11. The number of amides is 1. The molecule has 0 aliphatic rings. The molecule has 1 amide bonds. The minimum atomic E-state index is -0.830. The van der Waals surface area contributed by atoms with E-state index in [0.717, 1.165) is 28.8 Å². The fraction of sp³-hybridized carbons (Fsp3) is 0.304. The highest BCUT2D eigenvalue weighted by Gasteiger charge is 2.22. The number of hydrogen-bond donors (Lipinski definition) is 1. The molecule has 0 spiro atoms. The maximum absolute atomic E-state index is 14.0. The van der Waals surface area contributed by atoms with Crippen molar-refractivity contribution in [2.45, 2.75) is 38.6 Å². The van der Waals surface area contributed by atoms with Crippen LogP contribution in [0, 0.1) is 18.6 Å². The number of thioether (sulfide) groups is 1. The summed E-state index contributed by atoms with van der Waals surface area (Å²) in [6.45, 7) is 9.48. The summed E-state index contributed by atoms with van der Waals surface area (Å²) in [5, 5.41) is 11.9. The highest BCUT2D eigenvalue weighted by atomic mass is 32.2. The third-order valence-corrected chi connectivity index (χ3v) is 6.49. The summed E-state index contributed by atoms with van der Waals surface area (Å²) < 4.78 is 39.5. The molecule has 0 bridgehead atoms. The summed E-state index contributed by atoms with van der Waals surface area (Å²) in [4.78, 5) is 25.6. The predicted octanol–water partition coefficient (Wildman–Crippen LogP) is 5.16. The number of hydrogen-bond acceptors (Lipinski definition) is 8. The molecule has 0 saturated carbocycles. The van der Waals surface area contributed by atoms with Crippen LogP contribution in [0.3, 0.4) is 0 Å². The number of carbonyl (C=O) groups is 2. The fourth-order valence-corrected chi connectivity index (χ4v) is 4.75. The van der Waals surface area contributed by atoms with E-state index in [4.69, 9.17) is 9.47 Å². The van der Waals surface area contributed by atoms with Crippen molar-refractivity contribution in [2.24, 2.45) is 0 Å². The van der Waals surface area contributed by atoms with Crippen LogP contribution in [0.1, 0.15) is 41.0 Å². The lowest BCUT2D eigenvalue weighted by Gasteiger charge is -2.16. The number of ether oxygens (including phenoxy) is 2. The van der Waals surface area contributed by atoms with E-state index in [9.17, 15) is 18.4 Å². The Hall–Kier alpha value is -3.25. The molecular weight excluding hydrogens is 498 g/mol. The van der Waals surface area contributed by atoms with Gasteiger partial charge < -0.3 is 14.8 Å². The Morgan fingerprint density at radius 3 is 2.77 bits per heavy atom. The number of allylic oxidation sites excluding steroid dienone is 1. The number of halogens is 2. The zero-order valence-corrected chi connectivity index (χ0v) is 21.0. The van der Waals surface area contributed by atoms with Gasteiger partial charge in [-0.05, 0) is 39.0 Å². The Labute approximate surface area is 209 Å². The average molecular weight is 523 g/mol. The zero-order valence-electron chi connectivity index (χ0n) is 19.3. The molecule has 0 aliphatic heterocycles. The second-order valence-corrected chi connectivity index (χ2v) is 9.43. The molecule has 1 N–H and O–H groups in total. The normalized spacial score (nSPS) is 11.7. The monoisotopic (exact) mass is 522 g/mol. The summed E-state index contributed by atoms with van der Waals surface area (Å²) in [6, 6.07) is 4.71. The third kappa shape index (κ3) is 6.67. The van der Waals surface area contributed by atoms with E-state index < -0.39 is 23.7 Å². The molecule has 3 rings (SSSR count). The maximum Gasteiger partial charge on any atom is 0.341 e. The van der Waals surface area contributed by atoms with E-state index in [1.165, 1.54) is 17.4 Å². The molecule has 0 saturated heterocycles. The lowest BCUT2D eigenvalue weighted by Crippen LogP contribution is -2.17. The minimum Gasteiger partial charge on any atom is -0.480 e. The molecular formula is C23H24F2N4O4S2. The highest BCUT2D eigenvalue weighted by molar-refractivity contribution is 7.99. The van der Waals surface area contributed by atoms with Gasteiger partial charge in [-0.25, -0.2) is 13.6 Å². The van der Waals surface area contributed by atoms with Gasteiger partial charge in [0.1, 0.15) is 10.8 Å². The number of rotatable bonds is 11. The Morgan fingerprint density at radius 2 is 2.09 bits per heavy atom. The Bertz CT molecular complexity index is 1230. The van der Waals surface area contributed by atoms with E-state index in [0.29, 0.717) is 28.1 Å². The van der Waals surface area contributed by atoms with Gasteiger partial charge in [0.2, 0.25) is 5.91 Å². The molecule has 0 aliphatic carbocycles. The highest BCUT2D eigenvalue weighted by Crippen LogP contribution is 2.30. The summed E-state index contributed by atoms with van der Waals surface area (Å²) >= 11 is 2.42. The molecule has 35 heavy (non-hydrogen) atoms. The summed E-state index contributed by atoms with van der Waals surface area (Å²) in [7, 11) is 0. The van der Waals surface area contributed by atoms with Gasteiger partial charge in [0, 0.05) is 17.5 Å². The van der Waals surface area contributed by atoms with Crippen LogP contribution < -0.4 is 10.1 Å². The van der Waals surface area contributed by atoms with Gasteiger partial charge in [-0.1, -0.05) is 17.8 Å². The van der Waals surface area contributed by atoms with Crippen LogP contribution in [0.2, 0.25) is 0 Å². The first-order valence-electron chi connectivity index (χ1n) is 10.6. The van der Waals surface area contributed by atoms with Gasteiger partial charge in [-0.2, -0.15) is 0 Å². The summed E-state index contributed by atoms with van der Waals surface area (Å²) in [6.07, 6.45) is 0.911. The lowest BCUT2D eigenvalue weighted by molar-refractivity contribution is -0.113. The second-order valence-electron chi connectivity index (χ2n) is 7.23.